The number of rotatable bonds is 7. The third-order valence-corrected chi connectivity index (χ3v) is 3.90. The predicted molar refractivity (Wildman–Crippen MR) is 78.0 cm³/mol. The van der Waals surface area contributed by atoms with Crippen LogP contribution in [0, 0.1) is 0 Å². The number of aliphatic hydroxyl groups is 1. The Labute approximate surface area is 117 Å². The first-order valence-corrected chi connectivity index (χ1v) is 7.59. The van der Waals surface area contributed by atoms with Gasteiger partial charge in [0.25, 0.3) is 0 Å². The largest absolute Gasteiger partial charge is 0.393 e. The van der Waals surface area contributed by atoms with E-state index in [2.05, 4.69) is 18.7 Å². The molecule has 0 aromatic carbocycles. The van der Waals surface area contributed by atoms with Crippen LogP contribution >= 0.6 is 0 Å². The molecule has 19 heavy (non-hydrogen) atoms. The van der Waals surface area contributed by atoms with Gasteiger partial charge in [-0.3, -0.25) is 9.69 Å². The number of aliphatic hydroxyl groups excluding tert-OH is 1. The lowest BCUT2D eigenvalue weighted by Gasteiger charge is -2.34. The van der Waals surface area contributed by atoms with Crippen LogP contribution in [0.1, 0.15) is 52.9 Å². The summed E-state index contributed by atoms with van der Waals surface area (Å²) in [6.45, 7) is 7.22. The van der Waals surface area contributed by atoms with Crippen LogP contribution in [0.3, 0.4) is 0 Å². The molecule has 1 N–H and O–H groups in total. The summed E-state index contributed by atoms with van der Waals surface area (Å²) in [5.74, 6) is 0.231. The molecular weight excluding hydrogens is 240 g/mol. The smallest absolute Gasteiger partial charge is 0.237 e. The summed E-state index contributed by atoms with van der Waals surface area (Å²) in [6, 6.07) is 0.721. The number of amides is 1. The third-order valence-electron chi connectivity index (χ3n) is 3.90. The Hall–Kier alpha value is -0.610. The van der Waals surface area contributed by atoms with E-state index < -0.39 is 0 Å². The summed E-state index contributed by atoms with van der Waals surface area (Å²) in [4.78, 5) is 16.5. The van der Waals surface area contributed by atoms with E-state index in [1.165, 1.54) is 12.8 Å². The highest BCUT2D eigenvalue weighted by Gasteiger charge is 2.28. The lowest BCUT2D eigenvalue weighted by molar-refractivity contribution is -0.136. The molecule has 4 nitrogen and oxygen atoms in total. The van der Waals surface area contributed by atoms with E-state index in [1.54, 1.807) is 6.92 Å². The molecule has 0 spiro atoms. The van der Waals surface area contributed by atoms with Crippen molar-refractivity contribution in [2.45, 2.75) is 71.1 Å². The average molecular weight is 270 g/mol. The second kappa shape index (κ2) is 7.85. The van der Waals surface area contributed by atoms with Crippen LogP contribution in [0.5, 0.6) is 0 Å². The summed E-state index contributed by atoms with van der Waals surface area (Å²) in [6.07, 6.45) is 5.23. The van der Waals surface area contributed by atoms with E-state index in [-0.39, 0.29) is 18.1 Å². The number of hydrogen-bond acceptors (Lipinski definition) is 3. The van der Waals surface area contributed by atoms with Crippen LogP contribution in [-0.4, -0.2) is 59.1 Å². The minimum Gasteiger partial charge on any atom is -0.393 e. The molecule has 0 radical (unpaired) electrons. The summed E-state index contributed by atoms with van der Waals surface area (Å²) >= 11 is 0. The van der Waals surface area contributed by atoms with E-state index in [9.17, 15) is 9.90 Å². The predicted octanol–water partition coefficient (Wildman–Crippen LogP) is 1.87. The number of nitrogens with zero attached hydrogens (tertiary/aromatic N) is 2. The molecule has 0 aromatic heterocycles. The Morgan fingerprint density at radius 3 is 2.32 bits per heavy atom. The van der Waals surface area contributed by atoms with E-state index in [0.29, 0.717) is 12.6 Å². The fourth-order valence-electron chi connectivity index (χ4n) is 2.89. The normalized spacial score (nSPS) is 18.3. The molecule has 0 saturated heterocycles. The van der Waals surface area contributed by atoms with Crippen LogP contribution in [0.4, 0.5) is 0 Å². The second-order valence-electron chi connectivity index (χ2n) is 6.21. The monoisotopic (exact) mass is 270 g/mol. The first kappa shape index (κ1) is 16.4. The van der Waals surface area contributed by atoms with Crippen molar-refractivity contribution in [2.75, 3.05) is 20.1 Å². The number of carbonyl (C=O) groups is 1. The Bertz CT molecular complexity index is 273. The second-order valence-corrected chi connectivity index (χ2v) is 6.21. The minimum atomic E-state index is -0.298. The zero-order valence-electron chi connectivity index (χ0n) is 12.9. The van der Waals surface area contributed by atoms with Gasteiger partial charge in [0.05, 0.1) is 12.6 Å². The lowest BCUT2D eigenvalue weighted by atomic mass is 10.1. The molecule has 1 unspecified atom stereocenters. The molecule has 1 rings (SSSR count). The summed E-state index contributed by atoms with van der Waals surface area (Å²) < 4.78 is 0. The fraction of sp³-hybridized carbons (Fsp3) is 0.933. The lowest BCUT2D eigenvalue weighted by Crippen LogP contribution is -2.47. The van der Waals surface area contributed by atoms with Crippen molar-refractivity contribution in [3.8, 4) is 0 Å². The van der Waals surface area contributed by atoms with Crippen molar-refractivity contribution in [3.05, 3.63) is 0 Å². The van der Waals surface area contributed by atoms with E-state index in [1.807, 2.05) is 11.9 Å². The summed E-state index contributed by atoms with van der Waals surface area (Å²) in [7, 11) is 1.95. The van der Waals surface area contributed by atoms with Gasteiger partial charge >= 0.3 is 0 Å². The molecule has 1 aliphatic carbocycles. The molecule has 1 atom stereocenters. The van der Waals surface area contributed by atoms with Crippen molar-refractivity contribution in [1.29, 1.82) is 0 Å². The fourth-order valence-corrected chi connectivity index (χ4v) is 2.89. The van der Waals surface area contributed by atoms with Gasteiger partial charge in [-0.15, -0.1) is 0 Å². The van der Waals surface area contributed by atoms with Crippen LogP contribution < -0.4 is 0 Å². The zero-order chi connectivity index (χ0) is 14.4. The Morgan fingerprint density at radius 1 is 1.26 bits per heavy atom. The van der Waals surface area contributed by atoms with E-state index >= 15 is 0 Å². The maximum absolute atomic E-state index is 12.4. The van der Waals surface area contributed by atoms with Crippen molar-refractivity contribution in [1.82, 2.24) is 9.80 Å². The van der Waals surface area contributed by atoms with Crippen LogP contribution in [-0.2, 0) is 4.79 Å². The third kappa shape index (κ3) is 5.49. The maximum atomic E-state index is 12.4. The van der Waals surface area contributed by atoms with Gasteiger partial charge in [0, 0.05) is 18.6 Å². The SMILES string of the molecule is CC(O)CCN(C)CC(=O)N(C(C)C)C1CCCC1. The molecule has 0 heterocycles. The molecule has 1 saturated carbocycles. The van der Waals surface area contributed by atoms with Crippen LogP contribution in [0.2, 0.25) is 0 Å². The summed E-state index contributed by atoms with van der Waals surface area (Å²) in [5.41, 5.74) is 0. The van der Waals surface area contributed by atoms with Gasteiger partial charge in [-0.05, 0) is 47.1 Å². The van der Waals surface area contributed by atoms with Gasteiger partial charge in [-0.2, -0.15) is 0 Å². The molecular formula is C15H30N2O2. The summed E-state index contributed by atoms with van der Waals surface area (Å²) in [5, 5.41) is 9.28. The first-order valence-electron chi connectivity index (χ1n) is 7.59. The molecule has 0 bridgehead atoms. The Morgan fingerprint density at radius 2 is 1.84 bits per heavy atom. The highest BCUT2D eigenvalue weighted by atomic mass is 16.3. The van der Waals surface area contributed by atoms with Gasteiger partial charge in [0.15, 0.2) is 0 Å². The molecule has 0 aromatic rings. The number of hydrogen-bond donors (Lipinski definition) is 1. The van der Waals surface area contributed by atoms with Crippen molar-refractivity contribution < 1.29 is 9.90 Å². The Balaban J connectivity index is 2.47. The maximum Gasteiger partial charge on any atom is 0.237 e. The minimum absolute atomic E-state index is 0.231. The molecule has 1 fully saturated rings. The first-order chi connectivity index (χ1) is 8.91. The van der Waals surface area contributed by atoms with Crippen molar-refractivity contribution in [3.63, 3.8) is 0 Å². The number of likely N-dealkylation sites (N-methyl/N-ethyl adjacent to an activating group) is 1. The zero-order valence-corrected chi connectivity index (χ0v) is 12.9. The van der Waals surface area contributed by atoms with Gasteiger partial charge in [0.1, 0.15) is 0 Å². The molecule has 1 amide bonds. The Kier molecular flexibility index (Phi) is 6.80. The van der Waals surface area contributed by atoms with Gasteiger partial charge in [-0.1, -0.05) is 12.8 Å². The van der Waals surface area contributed by atoms with Crippen molar-refractivity contribution in [2.24, 2.45) is 0 Å². The van der Waals surface area contributed by atoms with Gasteiger partial charge in [-0.25, -0.2) is 0 Å². The molecule has 4 heteroatoms. The van der Waals surface area contributed by atoms with Crippen LogP contribution in [0.25, 0.3) is 0 Å². The van der Waals surface area contributed by atoms with Crippen molar-refractivity contribution >= 4 is 5.91 Å². The van der Waals surface area contributed by atoms with E-state index in [0.717, 1.165) is 25.8 Å². The van der Waals surface area contributed by atoms with Gasteiger partial charge in [0.2, 0.25) is 5.91 Å². The topological polar surface area (TPSA) is 43.8 Å². The highest BCUT2D eigenvalue weighted by Crippen LogP contribution is 2.25. The van der Waals surface area contributed by atoms with Gasteiger partial charge < -0.3 is 10.0 Å². The molecule has 0 aliphatic heterocycles. The molecule has 112 valence electrons. The van der Waals surface area contributed by atoms with Crippen LogP contribution in [0.15, 0.2) is 0 Å². The van der Waals surface area contributed by atoms with E-state index in [4.69, 9.17) is 0 Å². The standard InChI is InChI=1S/C15H30N2O2/c1-12(2)17(14-7-5-6-8-14)15(19)11-16(4)10-9-13(3)18/h12-14,18H,5-11H2,1-4H3. The molecule has 1 aliphatic rings. The quantitative estimate of drug-likeness (QED) is 0.768. The highest BCUT2D eigenvalue weighted by molar-refractivity contribution is 5.79. The number of carbonyl (C=O) groups excluding carboxylic acids is 1. The average Bonchev–Trinajstić information content (AvgIpc) is 2.79.